The van der Waals surface area contributed by atoms with Crippen LogP contribution in [0.5, 0.6) is 0 Å². The van der Waals surface area contributed by atoms with Gasteiger partial charge >= 0.3 is 0 Å². The van der Waals surface area contributed by atoms with Crippen LogP contribution in [0.4, 0.5) is 0 Å². The maximum Gasteiger partial charge on any atom is 0.240 e. The Labute approximate surface area is 126 Å². The van der Waals surface area contributed by atoms with Crippen molar-refractivity contribution >= 4 is 24.2 Å². The quantitative estimate of drug-likeness (QED) is 0.786. The molecule has 2 rings (SSSR count). The van der Waals surface area contributed by atoms with E-state index in [-0.39, 0.29) is 36.7 Å². The lowest BCUT2D eigenvalue weighted by atomic mass is 10.1. The third-order valence-electron chi connectivity index (χ3n) is 3.62. The van der Waals surface area contributed by atoms with Crippen molar-refractivity contribution in [2.24, 2.45) is 0 Å². The van der Waals surface area contributed by atoms with Crippen LogP contribution in [-0.2, 0) is 14.3 Å². The summed E-state index contributed by atoms with van der Waals surface area (Å²) in [4.78, 5) is 28.0. The van der Waals surface area contributed by atoms with Crippen LogP contribution in [0.3, 0.4) is 0 Å². The highest BCUT2D eigenvalue weighted by atomic mass is 35.5. The minimum atomic E-state index is -0.351. The van der Waals surface area contributed by atoms with Gasteiger partial charge in [0, 0.05) is 32.7 Å². The normalized spacial score (nSPS) is 23.4. The van der Waals surface area contributed by atoms with Crippen LogP contribution in [-0.4, -0.2) is 73.6 Å². The lowest BCUT2D eigenvalue weighted by Crippen LogP contribution is -2.56. The summed E-state index contributed by atoms with van der Waals surface area (Å²) in [5.74, 6) is 0.113. The zero-order valence-electron chi connectivity index (χ0n) is 12.0. The number of nitrogens with one attached hydrogen (secondary N) is 1. The molecule has 1 atom stereocenters. The molecule has 1 N–H and O–H groups in total. The van der Waals surface area contributed by atoms with Crippen LogP contribution in [0.2, 0.25) is 0 Å². The summed E-state index contributed by atoms with van der Waals surface area (Å²) in [6, 6.07) is -0.351. The van der Waals surface area contributed by atoms with Gasteiger partial charge < -0.3 is 19.9 Å². The van der Waals surface area contributed by atoms with Crippen molar-refractivity contribution in [3.05, 3.63) is 0 Å². The van der Waals surface area contributed by atoms with Gasteiger partial charge in [-0.3, -0.25) is 9.59 Å². The number of piperazine rings is 1. The Morgan fingerprint density at radius 3 is 2.70 bits per heavy atom. The molecule has 0 bridgehead atoms. The molecule has 2 saturated heterocycles. The standard InChI is InChI=1S/C13H23N3O3.ClH/c1-2-4-16-5-3-14-11(13(16)18)10-12(17)15-6-8-19-9-7-15;/h11,14H,2-10H2,1H3;1H. The summed E-state index contributed by atoms with van der Waals surface area (Å²) in [5.41, 5.74) is 0. The van der Waals surface area contributed by atoms with Crippen molar-refractivity contribution in [3.8, 4) is 0 Å². The first kappa shape index (κ1) is 17.2. The number of morpholine rings is 1. The van der Waals surface area contributed by atoms with Crippen molar-refractivity contribution in [1.29, 1.82) is 0 Å². The van der Waals surface area contributed by atoms with Gasteiger partial charge in [-0.15, -0.1) is 12.4 Å². The molecule has 20 heavy (non-hydrogen) atoms. The molecule has 0 radical (unpaired) electrons. The van der Waals surface area contributed by atoms with Gasteiger partial charge in [-0.1, -0.05) is 6.92 Å². The summed E-state index contributed by atoms with van der Waals surface area (Å²) in [6.45, 7) is 6.82. The molecule has 0 aliphatic carbocycles. The molecule has 1 unspecified atom stereocenters. The summed E-state index contributed by atoms with van der Waals surface area (Å²) in [7, 11) is 0. The van der Waals surface area contributed by atoms with Crippen molar-refractivity contribution in [2.75, 3.05) is 45.9 Å². The van der Waals surface area contributed by atoms with E-state index in [0.29, 0.717) is 26.3 Å². The summed E-state index contributed by atoms with van der Waals surface area (Å²) in [5, 5.41) is 3.16. The molecule has 2 aliphatic heterocycles. The van der Waals surface area contributed by atoms with Crippen LogP contribution < -0.4 is 5.32 Å². The molecule has 6 nitrogen and oxygen atoms in total. The van der Waals surface area contributed by atoms with E-state index in [9.17, 15) is 9.59 Å². The Bertz CT molecular complexity index is 333. The van der Waals surface area contributed by atoms with E-state index < -0.39 is 0 Å². The number of carbonyl (C=O) groups is 2. The Hall–Kier alpha value is -0.850. The molecule has 2 aliphatic rings. The van der Waals surface area contributed by atoms with Gasteiger partial charge in [-0.05, 0) is 6.42 Å². The number of rotatable bonds is 4. The highest BCUT2D eigenvalue weighted by Gasteiger charge is 2.31. The van der Waals surface area contributed by atoms with E-state index in [1.165, 1.54) is 0 Å². The van der Waals surface area contributed by atoms with Gasteiger partial charge in [-0.2, -0.15) is 0 Å². The number of hydrogen-bond donors (Lipinski definition) is 1. The minimum Gasteiger partial charge on any atom is -0.378 e. The Balaban J connectivity index is 0.00000200. The fourth-order valence-electron chi connectivity index (χ4n) is 2.56. The minimum absolute atomic E-state index is 0. The predicted molar refractivity (Wildman–Crippen MR) is 77.9 cm³/mol. The second kappa shape index (κ2) is 8.44. The van der Waals surface area contributed by atoms with Gasteiger partial charge in [0.25, 0.3) is 0 Å². The molecule has 2 fully saturated rings. The third kappa shape index (κ3) is 4.33. The Morgan fingerprint density at radius 1 is 1.35 bits per heavy atom. The zero-order chi connectivity index (χ0) is 13.7. The van der Waals surface area contributed by atoms with Crippen molar-refractivity contribution in [1.82, 2.24) is 15.1 Å². The zero-order valence-corrected chi connectivity index (χ0v) is 12.8. The lowest BCUT2D eigenvalue weighted by Gasteiger charge is -2.34. The monoisotopic (exact) mass is 305 g/mol. The van der Waals surface area contributed by atoms with Crippen LogP contribution >= 0.6 is 12.4 Å². The highest BCUT2D eigenvalue weighted by Crippen LogP contribution is 2.09. The lowest BCUT2D eigenvalue weighted by molar-refractivity contribution is -0.142. The largest absolute Gasteiger partial charge is 0.378 e. The topological polar surface area (TPSA) is 61.9 Å². The first-order valence-corrected chi connectivity index (χ1v) is 7.10. The molecular formula is C13H24ClN3O3. The molecule has 2 amide bonds. The van der Waals surface area contributed by atoms with E-state index in [2.05, 4.69) is 12.2 Å². The second-order valence-corrected chi connectivity index (χ2v) is 5.03. The van der Waals surface area contributed by atoms with Crippen molar-refractivity contribution < 1.29 is 14.3 Å². The number of halogens is 1. The number of ether oxygens (including phenoxy) is 1. The van der Waals surface area contributed by atoms with E-state index in [4.69, 9.17) is 4.74 Å². The average Bonchev–Trinajstić information content (AvgIpc) is 2.44. The van der Waals surface area contributed by atoms with E-state index in [1.54, 1.807) is 4.90 Å². The van der Waals surface area contributed by atoms with Gasteiger partial charge in [0.2, 0.25) is 11.8 Å². The van der Waals surface area contributed by atoms with Gasteiger partial charge in [0.15, 0.2) is 0 Å². The van der Waals surface area contributed by atoms with E-state index in [1.807, 2.05) is 4.90 Å². The van der Waals surface area contributed by atoms with E-state index in [0.717, 1.165) is 26.1 Å². The van der Waals surface area contributed by atoms with Crippen molar-refractivity contribution in [2.45, 2.75) is 25.8 Å². The van der Waals surface area contributed by atoms with Crippen LogP contribution in [0.25, 0.3) is 0 Å². The van der Waals surface area contributed by atoms with Crippen LogP contribution in [0.1, 0.15) is 19.8 Å². The maximum atomic E-state index is 12.2. The molecule has 0 saturated carbocycles. The molecule has 0 aromatic carbocycles. The number of carbonyl (C=O) groups excluding carboxylic acids is 2. The van der Waals surface area contributed by atoms with Gasteiger partial charge in [0.05, 0.1) is 25.7 Å². The fraction of sp³-hybridized carbons (Fsp3) is 0.846. The Kier molecular flexibility index (Phi) is 7.26. The Morgan fingerprint density at radius 2 is 2.05 bits per heavy atom. The summed E-state index contributed by atoms with van der Waals surface area (Å²) in [6.07, 6.45) is 1.22. The second-order valence-electron chi connectivity index (χ2n) is 5.03. The van der Waals surface area contributed by atoms with Gasteiger partial charge in [-0.25, -0.2) is 0 Å². The van der Waals surface area contributed by atoms with Crippen molar-refractivity contribution in [3.63, 3.8) is 0 Å². The first-order chi connectivity index (χ1) is 9.22. The van der Waals surface area contributed by atoms with Crippen LogP contribution in [0.15, 0.2) is 0 Å². The fourth-order valence-corrected chi connectivity index (χ4v) is 2.56. The molecule has 0 aromatic rings. The SMILES string of the molecule is CCCN1CCNC(CC(=O)N2CCOCC2)C1=O.Cl. The van der Waals surface area contributed by atoms with E-state index >= 15 is 0 Å². The first-order valence-electron chi connectivity index (χ1n) is 7.10. The number of amides is 2. The van der Waals surface area contributed by atoms with Gasteiger partial charge in [0.1, 0.15) is 0 Å². The maximum absolute atomic E-state index is 12.2. The predicted octanol–water partition coefficient (Wildman–Crippen LogP) is -0.132. The third-order valence-corrected chi connectivity index (χ3v) is 3.62. The summed E-state index contributed by atoms with van der Waals surface area (Å²) >= 11 is 0. The van der Waals surface area contributed by atoms with Crippen LogP contribution in [0, 0.1) is 0 Å². The number of nitrogens with zero attached hydrogens (tertiary/aromatic N) is 2. The molecule has 0 spiro atoms. The molecule has 116 valence electrons. The average molecular weight is 306 g/mol. The molecule has 0 aromatic heterocycles. The highest BCUT2D eigenvalue weighted by molar-refractivity contribution is 5.89. The summed E-state index contributed by atoms with van der Waals surface area (Å²) < 4.78 is 5.23. The molecule has 2 heterocycles. The smallest absolute Gasteiger partial charge is 0.240 e. The molecular weight excluding hydrogens is 282 g/mol. The molecule has 7 heteroatoms. The number of hydrogen-bond acceptors (Lipinski definition) is 4.